The van der Waals surface area contributed by atoms with Crippen LogP contribution >= 0.6 is 0 Å². The molecule has 1 heterocycles. The molecule has 1 aliphatic rings. The highest BCUT2D eigenvalue weighted by Crippen LogP contribution is 2.23. The standard InChI is InChI=1S/C9H14O2/c1-3-4-5-8-7(2)6-9(10)11-8/h3-6H2,1-2H3. The van der Waals surface area contributed by atoms with Crippen molar-refractivity contribution in [2.45, 2.75) is 39.5 Å². The van der Waals surface area contributed by atoms with Gasteiger partial charge in [-0.05, 0) is 18.9 Å². The summed E-state index contributed by atoms with van der Waals surface area (Å²) in [6, 6.07) is 0. The maximum Gasteiger partial charge on any atom is 0.315 e. The Morgan fingerprint density at radius 3 is 2.73 bits per heavy atom. The number of allylic oxidation sites excluding steroid dienone is 1. The Kier molecular flexibility index (Phi) is 2.69. The number of unbranched alkanes of at least 4 members (excludes halogenated alkanes) is 1. The first-order valence-corrected chi connectivity index (χ1v) is 4.13. The Morgan fingerprint density at radius 2 is 2.27 bits per heavy atom. The quantitative estimate of drug-likeness (QED) is 0.583. The molecule has 0 N–H and O–H groups in total. The van der Waals surface area contributed by atoms with Crippen molar-refractivity contribution in [1.82, 2.24) is 0 Å². The van der Waals surface area contributed by atoms with Gasteiger partial charge in [-0.1, -0.05) is 13.3 Å². The van der Waals surface area contributed by atoms with Crippen molar-refractivity contribution in [3.05, 3.63) is 11.3 Å². The van der Waals surface area contributed by atoms with Crippen LogP contribution in [0, 0.1) is 0 Å². The van der Waals surface area contributed by atoms with Crippen LogP contribution in [0.25, 0.3) is 0 Å². The molecule has 0 atom stereocenters. The summed E-state index contributed by atoms with van der Waals surface area (Å²) >= 11 is 0. The normalized spacial score (nSPS) is 17.5. The zero-order valence-electron chi connectivity index (χ0n) is 7.14. The molecule has 0 bridgehead atoms. The molecule has 2 heteroatoms. The van der Waals surface area contributed by atoms with E-state index in [0.29, 0.717) is 6.42 Å². The van der Waals surface area contributed by atoms with Gasteiger partial charge in [0.15, 0.2) is 0 Å². The first-order chi connectivity index (χ1) is 5.24. The van der Waals surface area contributed by atoms with Gasteiger partial charge in [-0.3, -0.25) is 4.79 Å². The first kappa shape index (κ1) is 8.31. The lowest BCUT2D eigenvalue weighted by molar-refractivity contribution is -0.136. The Hall–Kier alpha value is -0.790. The third-order valence-corrected chi connectivity index (χ3v) is 1.88. The van der Waals surface area contributed by atoms with E-state index in [4.69, 9.17) is 4.74 Å². The van der Waals surface area contributed by atoms with Crippen molar-refractivity contribution in [3.8, 4) is 0 Å². The van der Waals surface area contributed by atoms with Crippen molar-refractivity contribution < 1.29 is 9.53 Å². The van der Waals surface area contributed by atoms with Crippen LogP contribution in [0.15, 0.2) is 11.3 Å². The summed E-state index contributed by atoms with van der Waals surface area (Å²) in [4.78, 5) is 10.8. The van der Waals surface area contributed by atoms with Crippen LogP contribution in [-0.2, 0) is 9.53 Å². The maximum atomic E-state index is 10.8. The Labute approximate surface area is 67.2 Å². The number of hydrogen-bond donors (Lipinski definition) is 0. The Bertz CT molecular complexity index is 192. The molecular formula is C9H14O2. The van der Waals surface area contributed by atoms with Crippen LogP contribution in [0.2, 0.25) is 0 Å². The van der Waals surface area contributed by atoms with Crippen molar-refractivity contribution in [3.63, 3.8) is 0 Å². The molecule has 1 aliphatic heterocycles. The Morgan fingerprint density at radius 1 is 1.55 bits per heavy atom. The third-order valence-electron chi connectivity index (χ3n) is 1.88. The number of rotatable bonds is 3. The SMILES string of the molecule is CCCCC1=C(C)CC(=O)O1. The molecule has 0 saturated heterocycles. The van der Waals surface area contributed by atoms with Gasteiger partial charge in [-0.2, -0.15) is 0 Å². The number of carbonyl (C=O) groups excluding carboxylic acids is 1. The smallest absolute Gasteiger partial charge is 0.315 e. The predicted molar refractivity (Wildman–Crippen MR) is 42.9 cm³/mol. The van der Waals surface area contributed by atoms with E-state index >= 15 is 0 Å². The highest BCUT2D eigenvalue weighted by molar-refractivity contribution is 5.76. The average Bonchev–Trinajstić information content (AvgIpc) is 2.26. The zero-order valence-corrected chi connectivity index (χ0v) is 7.14. The van der Waals surface area contributed by atoms with Crippen LogP contribution in [0.3, 0.4) is 0 Å². The average molecular weight is 154 g/mol. The fourth-order valence-corrected chi connectivity index (χ4v) is 1.18. The monoisotopic (exact) mass is 154 g/mol. The predicted octanol–water partition coefficient (Wildman–Crippen LogP) is 2.40. The minimum absolute atomic E-state index is 0.0893. The van der Waals surface area contributed by atoms with E-state index in [1.54, 1.807) is 0 Å². The van der Waals surface area contributed by atoms with Gasteiger partial charge in [0.1, 0.15) is 5.76 Å². The lowest BCUT2D eigenvalue weighted by Crippen LogP contribution is -1.93. The second-order valence-electron chi connectivity index (χ2n) is 2.96. The van der Waals surface area contributed by atoms with Crippen LogP contribution in [0.5, 0.6) is 0 Å². The van der Waals surface area contributed by atoms with Crippen LogP contribution in [-0.4, -0.2) is 5.97 Å². The summed E-state index contributed by atoms with van der Waals surface area (Å²) in [5, 5.41) is 0. The summed E-state index contributed by atoms with van der Waals surface area (Å²) in [6.07, 6.45) is 3.68. The summed E-state index contributed by atoms with van der Waals surface area (Å²) in [5.41, 5.74) is 1.11. The number of ether oxygens (including phenoxy) is 1. The first-order valence-electron chi connectivity index (χ1n) is 4.13. The molecule has 0 fully saturated rings. The number of cyclic esters (lactones) is 1. The molecule has 0 aliphatic carbocycles. The molecular weight excluding hydrogens is 140 g/mol. The highest BCUT2D eigenvalue weighted by atomic mass is 16.5. The van der Waals surface area contributed by atoms with E-state index in [0.717, 1.165) is 30.6 Å². The van der Waals surface area contributed by atoms with Gasteiger partial charge in [-0.25, -0.2) is 0 Å². The van der Waals surface area contributed by atoms with Crippen LogP contribution in [0.1, 0.15) is 39.5 Å². The van der Waals surface area contributed by atoms with E-state index in [1.165, 1.54) is 0 Å². The molecule has 11 heavy (non-hydrogen) atoms. The molecule has 0 amide bonds. The fourth-order valence-electron chi connectivity index (χ4n) is 1.18. The van der Waals surface area contributed by atoms with E-state index in [9.17, 15) is 4.79 Å². The second-order valence-corrected chi connectivity index (χ2v) is 2.96. The third kappa shape index (κ3) is 2.07. The topological polar surface area (TPSA) is 26.3 Å². The summed E-state index contributed by atoms with van der Waals surface area (Å²) < 4.78 is 5.02. The summed E-state index contributed by atoms with van der Waals surface area (Å²) in [5.74, 6) is 0.824. The van der Waals surface area contributed by atoms with E-state index in [2.05, 4.69) is 6.92 Å². The summed E-state index contributed by atoms with van der Waals surface area (Å²) in [6.45, 7) is 4.10. The van der Waals surface area contributed by atoms with Gasteiger partial charge in [0.2, 0.25) is 0 Å². The van der Waals surface area contributed by atoms with Crippen LogP contribution < -0.4 is 0 Å². The van der Waals surface area contributed by atoms with Crippen molar-refractivity contribution in [2.75, 3.05) is 0 Å². The van der Waals surface area contributed by atoms with E-state index < -0.39 is 0 Å². The second kappa shape index (κ2) is 3.56. The van der Waals surface area contributed by atoms with Gasteiger partial charge in [0.25, 0.3) is 0 Å². The molecule has 0 spiro atoms. The molecule has 0 unspecified atom stereocenters. The van der Waals surface area contributed by atoms with Gasteiger partial charge in [0, 0.05) is 6.42 Å². The zero-order chi connectivity index (χ0) is 8.27. The van der Waals surface area contributed by atoms with Gasteiger partial charge in [-0.15, -0.1) is 0 Å². The van der Waals surface area contributed by atoms with E-state index in [-0.39, 0.29) is 5.97 Å². The molecule has 1 rings (SSSR count). The minimum Gasteiger partial charge on any atom is -0.431 e. The minimum atomic E-state index is -0.0893. The number of hydrogen-bond acceptors (Lipinski definition) is 2. The van der Waals surface area contributed by atoms with Crippen molar-refractivity contribution >= 4 is 5.97 Å². The van der Waals surface area contributed by atoms with Gasteiger partial charge >= 0.3 is 5.97 Å². The number of esters is 1. The maximum absolute atomic E-state index is 10.8. The number of carbonyl (C=O) groups is 1. The summed E-state index contributed by atoms with van der Waals surface area (Å²) in [7, 11) is 0. The lowest BCUT2D eigenvalue weighted by Gasteiger charge is -2.00. The molecule has 0 aromatic heterocycles. The molecule has 0 saturated carbocycles. The van der Waals surface area contributed by atoms with Gasteiger partial charge < -0.3 is 4.74 Å². The van der Waals surface area contributed by atoms with E-state index in [1.807, 2.05) is 6.92 Å². The van der Waals surface area contributed by atoms with Crippen molar-refractivity contribution in [2.24, 2.45) is 0 Å². The molecule has 0 aromatic rings. The molecule has 2 nitrogen and oxygen atoms in total. The van der Waals surface area contributed by atoms with Crippen LogP contribution in [0.4, 0.5) is 0 Å². The molecule has 0 radical (unpaired) electrons. The fraction of sp³-hybridized carbons (Fsp3) is 0.667. The molecule has 62 valence electrons. The van der Waals surface area contributed by atoms with Gasteiger partial charge in [0.05, 0.1) is 6.42 Å². The van der Waals surface area contributed by atoms with Crippen molar-refractivity contribution in [1.29, 1.82) is 0 Å². The largest absolute Gasteiger partial charge is 0.431 e. The molecule has 0 aromatic carbocycles. The Balaban J connectivity index is 2.44. The highest BCUT2D eigenvalue weighted by Gasteiger charge is 2.19. The lowest BCUT2D eigenvalue weighted by atomic mass is 10.1.